The molecule has 1 aromatic carbocycles. The summed E-state index contributed by atoms with van der Waals surface area (Å²) in [5, 5.41) is 0. The number of carbonyl (C=O) groups excluding carboxylic acids is 1. The number of rotatable bonds is 5. The van der Waals surface area contributed by atoms with Gasteiger partial charge in [0.1, 0.15) is 11.9 Å². The molecule has 26 heavy (non-hydrogen) atoms. The number of carbonyl (C=O) groups is 1. The summed E-state index contributed by atoms with van der Waals surface area (Å²) in [7, 11) is 2.17. The van der Waals surface area contributed by atoms with Crippen molar-refractivity contribution in [3.8, 4) is 0 Å². The average Bonchev–Trinajstić information content (AvgIpc) is 2.61. The first-order valence-corrected chi connectivity index (χ1v) is 9.84. The van der Waals surface area contributed by atoms with Crippen LogP contribution in [0.4, 0.5) is 0 Å². The van der Waals surface area contributed by atoms with Crippen molar-refractivity contribution in [3.05, 3.63) is 47.2 Å². The third kappa shape index (κ3) is 4.36. The molecule has 2 unspecified atom stereocenters. The molecule has 1 saturated heterocycles. The lowest BCUT2D eigenvalue weighted by Crippen LogP contribution is -2.52. The van der Waals surface area contributed by atoms with Crippen LogP contribution in [0.25, 0.3) is 0 Å². The summed E-state index contributed by atoms with van der Waals surface area (Å²) in [6.45, 7) is 10.3. The summed E-state index contributed by atoms with van der Waals surface area (Å²) >= 11 is 0. The second-order valence-electron chi connectivity index (χ2n) is 8.10. The molecule has 0 amide bonds. The smallest absolute Gasteiger partial charge is 0.164 e. The summed E-state index contributed by atoms with van der Waals surface area (Å²) in [4.78, 5) is 17.9. The fourth-order valence-electron chi connectivity index (χ4n) is 4.08. The second kappa shape index (κ2) is 8.36. The van der Waals surface area contributed by atoms with Crippen molar-refractivity contribution in [3.63, 3.8) is 0 Å². The van der Waals surface area contributed by atoms with Gasteiger partial charge in [0, 0.05) is 50.6 Å². The van der Waals surface area contributed by atoms with Gasteiger partial charge in [-0.1, -0.05) is 44.2 Å². The van der Waals surface area contributed by atoms with E-state index < -0.39 is 0 Å². The van der Waals surface area contributed by atoms with Gasteiger partial charge in [0.25, 0.3) is 0 Å². The van der Waals surface area contributed by atoms with E-state index in [9.17, 15) is 4.79 Å². The summed E-state index contributed by atoms with van der Waals surface area (Å²) < 4.78 is 6.25. The van der Waals surface area contributed by atoms with Crippen LogP contribution in [0.3, 0.4) is 0 Å². The Hall–Kier alpha value is -1.65. The highest BCUT2D eigenvalue weighted by Gasteiger charge is 2.37. The van der Waals surface area contributed by atoms with Gasteiger partial charge >= 0.3 is 0 Å². The van der Waals surface area contributed by atoms with E-state index in [0.29, 0.717) is 12.3 Å². The van der Waals surface area contributed by atoms with E-state index in [1.807, 2.05) is 13.0 Å². The van der Waals surface area contributed by atoms with Gasteiger partial charge in [-0.3, -0.25) is 9.69 Å². The van der Waals surface area contributed by atoms with Gasteiger partial charge < -0.3 is 9.64 Å². The van der Waals surface area contributed by atoms with E-state index in [2.05, 4.69) is 55.0 Å². The van der Waals surface area contributed by atoms with Gasteiger partial charge in [-0.05, 0) is 25.5 Å². The van der Waals surface area contributed by atoms with Gasteiger partial charge in [-0.2, -0.15) is 0 Å². The molecule has 0 aromatic heterocycles. The molecule has 2 heterocycles. The monoisotopic (exact) mass is 356 g/mol. The summed E-state index contributed by atoms with van der Waals surface area (Å²) in [5.41, 5.74) is 2.11. The Bertz CT molecular complexity index is 645. The Morgan fingerprint density at radius 3 is 2.42 bits per heavy atom. The molecule has 4 heteroatoms. The van der Waals surface area contributed by atoms with Crippen molar-refractivity contribution in [1.82, 2.24) is 9.80 Å². The van der Waals surface area contributed by atoms with Gasteiger partial charge in [0.2, 0.25) is 0 Å². The molecule has 0 aliphatic carbocycles. The maximum Gasteiger partial charge on any atom is 0.164 e. The first kappa shape index (κ1) is 19.1. The zero-order valence-electron chi connectivity index (χ0n) is 16.6. The van der Waals surface area contributed by atoms with Crippen molar-refractivity contribution in [2.75, 3.05) is 33.2 Å². The lowest BCUT2D eigenvalue weighted by atomic mass is 9.87. The number of nitrogens with zero attached hydrogens (tertiary/aromatic N) is 2. The molecule has 0 N–H and O–H groups in total. The van der Waals surface area contributed by atoms with E-state index in [1.54, 1.807) is 0 Å². The number of allylic oxidation sites excluding steroid dienone is 1. The predicted octanol–water partition coefficient (Wildman–Crippen LogP) is 3.65. The van der Waals surface area contributed by atoms with E-state index in [4.69, 9.17) is 4.74 Å². The molecule has 0 spiro atoms. The first-order chi connectivity index (χ1) is 12.5. The Morgan fingerprint density at radius 1 is 1.15 bits per heavy atom. The largest absolute Gasteiger partial charge is 0.490 e. The van der Waals surface area contributed by atoms with Crippen LogP contribution >= 0.6 is 0 Å². The SMILES string of the molecule is CC1=C(C(=O)CC(C)C)C(N2CCN(C)CC2)CC(c2ccccc2)O1. The molecule has 0 bridgehead atoms. The molecular formula is C22H32N2O2. The van der Waals surface area contributed by atoms with Crippen LogP contribution in [-0.4, -0.2) is 54.9 Å². The zero-order chi connectivity index (χ0) is 18.7. The molecule has 4 nitrogen and oxygen atoms in total. The van der Waals surface area contributed by atoms with Crippen LogP contribution in [0.15, 0.2) is 41.7 Å². The molecule has 142 valence electrons. The van der Waals surface area contributed by atoms with Crippen molar-refractivity contribution < 1.29 is 9.53 Å². The van der Waals surface area contributed by atoms with Crippen molar-refractivity contribution in [2.45, 2.75) is 45.8 Å². The Kier molecular flexibility index (Phi) is 6.15. The van der Waals surface area contributed by atoms with Crippen LogP contribution in [-0.2, 0) is 9.53 Å². The van der Waals surface area contributed by atoms with Crippen LogP contribution in [0, 0.1) is 5.92 Å². The molecule has 3 rings (SSSR count). The quantitative estimate of drug-likeness (QED) is 0.806. The molecule has 2 atom stereocenters. The van der Waals surface area contributed by atoms with Crippen LogP contribution in [0.1, 0.15) is 45.3 Å². The number of hydrogen-bond donors (Lipinski definition) is 0. The summed E-state index contributed by atoms with van der Waals surface area (Å²) in [5.74, 6) is 1.44. The average molecular weight is 357 g/mol. The fraction of sp³-hybridized carbons (Fsp3) is 0.591. The number of piperazine rings is 1. The zero-order valence-corrected chi connectivity index (χ0v) is 16.6. The number of ether oxygens (including phenoxy) is 1. The third-order valence-electron chi connectivity index (χ3n) is 5.51. The van der Waals surface area contributed by atoms with E-state index in [1.165, 1.54) is 5.56 Å². The lowest BCUT2D eigenvalue weighted by Gasteiger charge is -2.43. The minimum absolute atomic E-state index is 0.0245. The van der Waals surface area contributed by atoms with Crippen LogP contribution < -0.4 is 0 Å². The second-order valence-corrected chi connectivity index (χ2v) is 8.10. The molecule has 1 aromatic rings. The van der Waals surface area contributed by atoms with Crippen molar-refractivity contribution in [1.29, 1.82) is 0 Å². The summed E-state index contributed by atoms with van der Waals surface area (Å²) in [6, 6.07) is 10.6. The molecule has 2 aliphatic rings. The normalized spacial score (nSPS) is 25.4. The number of benzene rings is 1. The molecule has 2 aliphatic heterocycles. The number of Topliss-reactive ketones (excluding diaryl/α,β-unsaturated/α-hetero) is 1. The maximum absolute atomic E-state index is 13.0. The number of likely N-dealkylation sites (N-methyl/N-ethyl adjacent to an activating group) is 1. The van der Waals surface area contributed by atoms with Crippen molar-refractivity contribution in [2.24, 2.45) is 5.92 Å². The summed E-state index contributed by atoms with van der Waals surface area (Å²) in [6.07, 6.45) is 1.47. The van der Waals surface area contributed by atoms with Crippen LogP contribution in [0.2, 0.25) is 0 Å². The van der Waals surface area contributed by atoms with Gasteiger partial charge in [0.05, 0.1) is 0 Å². The minimum atomic E-state index is 0.0245. The van der Waals surface area contributed by atoms with E-state index in [-0.39, 0.29) is 17.9 Å². The third-order valence-corrected chi connectivity index (χ3v) is 5.51. The topological polar surface area (TPSA) is 32.8 Å². The highest BCUT2D eigenvalue weighted by Crippen LogP contribution is 2.37. The van der Waals surface area contributed by atoms with E-state index >= 15 is 0 Å². The molecular weight excluding hydrogens is 324 g/mol. The van der Waals surface area contributed by atoms with Crippen molar-refractivity contribution >= 4 is 5.78 Å². The van der Waals surface area contributed by atoms with Gasteiger partial charge in [-0.25, -0.2) is 0 Å². The standard InChI is InChI=1S/C22H32N2O2/c1-16(2)14-20(25)22-17(3)26-21(18-8-6-5-7-9-18)15-19(22)24-12-10-23(4)11-13-24/h5-9,16,19,21H,10-15H2,1-4H3. The molecule has 0 saturated carbocycles. The first-order valence-electron chi connectivity index (χ1n) is 9.84. The van der Waals surface area contributed by atoms with Gasteiger partial charge in [-0.15, -0.1) is 0 Å². The Balaban J connectivity index is 1.89. The molecule has 0 radical (unpaired) electrons. The van der Waals surface area contributed by atoms with Crippen LogP contribution in [0.5, 0.6) is 0 Å². The van der Waals surface area contributed by atoms with E-state index in [0.717, 1.165) is 43.9 Å². The number of hydrogen-bond acceptors (Lipinski definition) is 4. The highest BCUT2D eigenvalue weighted by atomic mass is 16.5. The maximum atomic E-state index is 13.0. The lowest BCUT2D eigenvalue weighted by molar-refractivity contribution is -0.118. The molecule has 1 fully saturated rings. The predicted molar refractivity (Wildman–Crippen MR) is 105 cm³/mol. The number of ketones is 1. The van der Waals surface area contributed by atoms with Gasteiger partial charge in [0.15, 0.2) is 5.78 Å². The highest BCUT2D eigenvalue weighted by molar-refractivity contribution is 5.97. The fourth-order valence-corrected chi connectivity index (χ4v) is 4.08. The Labute approximate surface area is 157 Å². The Morgan fingerprint density at radius 2 is 1.81 bits per heavy atom. The minimum Gasteiger partial charge on any atom is -0.490 e.